The smallest absolute Gasteiger partial charge is 0.416 e. The van der Waals surface area contributed by atoms with E-state index >= 15 is 0 Å². The summed E-state index contributed by atoms with van der Waals surface area (Å²) in [7, 11) is 3.30. The summed E-state index contributed by atoms with van der Waals surface area (Å²) in [6.07, 6.45) is -4.03. The lowest BCUT2D eigenvalue weighted by atomic mass is 10.1. The predicted molar refractivity (Wildman–Crippen MR) is 81.8 cm³/mol. The van der Waals surface area contributed by atoms with Gasteiger partial charge in [0.2, 0.25) is 11.5 Å². The first-order valence-electron chi connectivity index (χ1n) is 7.19. The Morgan fingerprint density at radius 1 is 1.08 bits per heavy atom. The van der Waals surface area contributed by atoms with Gasteiger partial charge in [0.05, 0.1) is 12.7 Å². The number of aromatic nitrogens is 4. The molecule has 126 valence electrons. The van der Waals surface area contributed by atoms with Crippen LogP contribution >= 0.6 is 0 Å². The summed E-state index contributed by atoms with van der Waals surface area (Å²) < 4.78 is 45.0. The largest absolute Gasteiger partial charge is 0.480 e. The summed E-state index contributed by atoms with van der Waals surface area (Å²) >= 11 is 0. The molecule has 8 heteroatoms. The van der Waals surface area contributed by atoms with Crippen molar-refractivity contribution in [2.45, 2.75) is 19.5 Å². The van der Waals surface area contributed by atoms with Crippen LogP contribution in [0.4, 0.5) is 13.2 Å². The lowest BCUT2D eigenvalue weighted by Crippen LogP contribution is -2.05. The lowest BCUT2D eigenvalue weighted by molar-refractivity contribution is -0.137. The summed E-state index contributed by atoms with van der Waals surface area (Å²) in [4.78, 5) is 13.1. The Labute approximate surface area is 136 Å². The fraction of sp³-hybridized carbons (Fsp3) is 0.312. The average Bonchev–Trinajstić information content (AvgIpc) is 2.81. The molecule has 24 heavy (non-hydrogen) atoms. The number of hydrogen-bond acceptors (Lipinski definition) is 4. The molecule has 3 aromatic rings. The molecule has 0 atom stereocenters. The second-order valence-corrected chi connectivity index (χ2v) is 5.42. The van der Waals surface area contributed by atoms with Crippen molar-refractivity contribution in [3.05, 3.63) is 46.9 Å². The molecule has 0 aliphatic rings. The topological polar surface area (TPSA) is 52.8 Å². The van der Waals surface area contributed by atoms with Crippen LogP contribution in [0.1, 0.15) is 22.6 Å². The predicted octanol–water partition coefficient (Wildman–Crippen LogP) is 3.29. The van der Waals surface area contributed by atoms with Crippen molar-refractivity contribution in [3.8, 4) is 5.88 Å². The van der Waals surface area contributed by atoms with Gasteiger partial charge in [-0.1, -0.05) is 12.1 Å². The zero-order valence-corrected chi connectivity index (χ0v) is 13.3. The van der Waals surface area contributed by atoms with Gasteiger partial charge >= 0.3 is 6.18 Å². The third kappa shape index (κ3) is 2.91. The number of imidazole rings is 1. The van der Waals surface area contributed by atoms with Gasteiger partial charge in [0, 0.05) is 13.5 Å². The van der Waals surface area contributed by atoms with E-state index in [4.69, 9.17) is 4.74 Å². The van der Waals surface area contributed by atoms with Gasteiger partial charge in [-0.3, -0.25) is 0 Å². The molecule has 0 aliphatic heterocycles. The van der Waals surface area contributed by atoms with E-state index in [-0.39, 0.29) is 0 Å². The molecule has 2 aromatic heterocycles. The maximum Gasteiger partial charge on any atom is 0.416 e. The molecule has 5 nitrogen and oxygen atoms in total. The molecule has 2 heterocycles. The van der Waals surface area contributed by atoms with E-state index in [1.54, 1.807) is 4.57 Å². The molecule has 3 rings (SSSR count). The minimum Gasteiger partial charge on any atom is -0.480 e. The van der Waals surface area contributed by atoms with Crippen LogP contribution in [0, 0.1) is 6.92 Å². The summed E-state index contributed by atoms with van der Waals surface area (Å²) in [5.74, 6) is 1.08. The Kier molecular flexibility index (Phi) is 3.90. The molecular weight excluding hydrogens is 321 g/mol. The van der Waals surface area contributed by atoms with E-state index in [1.807, 2.05) is 14.0 Å². The molecule has 0 amide bonds. The normalized spacial score (nSPS) is 11.9. The first-order chi connectivity index (χ1) is 11.3. The number of rotatable bonds is 3. The average molecular weight is 336 g/mol. The Bertz CT molecular complexity index is 885. The van der Waals surface area contributed by atoms with Gasteiger partial charge in [0.25, 0.3) is 0 Å². The van der Waals surface area contributed by atoms with E-state index in [0.29, 0.717) is 34.9 Å². The fourth-order valence-electron chi connectivity index (χ4n) is 2.40. The van der Waals surface area contributed by atoms with Crippen LogP contribution in [-0.2, 0) is 19.6 Å². The van der Waals surface area contributed by atoms with E-state index < -0.39 is 11.7 Å². The summed E-state index contributed by atoms with van der Waals surface area (Å²) in [6, 6.07) is 4.98. The first-order valence-corrected chi connectivity index (χ1v) is 7.19. The third-order valence-corrected chi connectivity index (χ3v) is 3.81. The Balaban J connectivity index is 1.98. The van der Waals surface area contributed by atoms with Gasteiger partial charge in [-0.25, -0.2) is 9.97 Å². The van der Waals surface area contributed by atoms with E-state index in [2.05, 4.69) is 15.0 Å². The van der Waals surface area contributed by atoms with Crippen LogP contribution in [0.25, 0.3) is 11.3 Å². The van der Waals surface area contributed by atoms with Crippen molar-refractivity contribution in [1.82, 2.24) is 19.5 Å². The highest BCUT2D eigenvalue weighted by molar-refractivity contribution is 5.67. The minimum absolute atomic E-state index is 0.314. The fourth-order valence-corrected chi connectivity index (χ4v) is 2.40. The molecule has 0 saturated carbocycles. The number of aryl methyl sites for hydroxylation is 2. The molecule has 0 unspecified atom stereocenters. The highest BCUT2D eigenvalue weighted by Gasteiger charge is 2.30. The van der Waals surface area contributed by atoms with E-state index in [9.17, 15) is 13.2 Å². The third-order valence-electron chi connectivity index (χ3n) is 3.81. The highest BCUT2D eigenvalue weighted by Crippen LogP contribution is 2.29. The van der Waals surface area contributed by atoms with Gasteiger partial charge in [-0.05, 0) is 24.6 Å². The first kappa shape index (κ1) is 16.2. The molecule has 0 N–H and O–H groups in total. The number of methoxy groups -OCH3 is 1. The van der Waals surface area contributed by atoms with Crippen LogP contribution in [0.2, 0.25) is 0 Å². The molecule has 0 radical (unpaired) electrons. The van der Waals surface area contributed by atoms with Gasteiger partial charge in [-0.15, -0.1) is 0 Å². The Hall–Kier alpha value is -2.64. The van der Waals surface area contributed by atoms with Gasteiger partial charge in [0.1, 0.15) is 11.5 Å². The number of alkyl halides is 3. The molecule has 0 saturated heterocycles. The van der Waals surface area contributed by atoms with Crippen LogP contribution in [0.5, 0.6) is 5.88 Å². The number of ether oxygens (including phenoxy) is 1. The minimum atomic E-state index is -4.35. The zero-order valence-electron chi connectivity index (χ0n) is 13.3. The maximum atomic E-state index is 12.6. The Morgan fingerprint density at radius 2 is 1.75 bits per heavy atom. The quantitative estimate of drug-likeness (QED) is 0.736. The summed E-state index contributed by atoms with van der Waals surface area (Å²) in [6.45, 7) is 1.84. The number of nitrogens with zero attached hydrogens (tertiary/aromatic N) is 4. The second kappa shape index (κ2) is 5.77. The molecule has 0 bridgehead atoms. The Morgan fingerprint density at radius 3 is 2.33 bits per heavy atom. The molecule has 0 spiro atoms. The van der Waals surface area contributed by atoms with E-state index in [1.165, 1.54) is 19.2 Å². The molecule has 1 aromatic carbocycles. The molecular formula is C16H15F3N4O. The number of fused-ring (bicyclic) bond motifs is 1. The highest BCUT2D eigenvalue weighted by atomic mass is 19.4. The van der Waals surface area contributed by atoms with Crippen molar-refractivity contribution in [2.75, 3.05) is 7.11 Å². The van der Waals surface area contributed by atoms with Crippen molar-refractivity contribution < 1.29 is 17.9 Å². The molecule has 0 fully saturated rings. The molecule has 0 aliphatic carbocycles. The van der Waals surface area contributed by atoms with Crippen molar-refractivity contribution in [1.29, 1.82) is 0 Å². The van der Waals surface area contributed by atoms with Gasteiger partial charge in [-0.2, -0.15) is 18.2 Å². The maximum absolute atomic E-state index is 12.6. The second-order valence-electron chi connectivity index (χ2n) is 5.42. The van der Waals surface area contributed by atoms with Crippen LogP contribution in [-0.4, -0.2) is 26.6 Å². The summed E-state index contributed by atoms with van der Waals surface area (Å²) in [5, 5.41) is 0. The van der Waals surface area contributed by atoms with Gasteiger partial charge < -0.3 is 9.30 Å². The van der Waals surface area contributed by atoms with Crippen LogP contribution in [0.15, 0.2) is 24.3 Å². The van der Waals surface area contributed by atoms with Crippen LogP contribution in [0.3, 0.4) is 0 Å². The monoisotopic (exact) mass is 336 g/mol. The van der Waals surface area contributed by atoms with Crippen molar-refractivity contribution in [3.63, 3.8) is 0 Å². The standard InChI is InChI=1S/C16H15F3N4O/c1-9-20-13-14(23(9)2)21-12(15(22-13)24-3)8-10-4-6-11(7-5-10)16(17,18)19/h4-7H,8H2,1-3H3. The van der Waals surface area contributed by atoms with E-state index in [0.717, 1.165) is 18.0 Å². The van der Waals surface area contributed by atoms with Gasteiger partial charge in [0.15, 0.2) is 5.65 Å². The number of halogens is 3. The summed E-state index contributed by atoms with van der Waals surface area (Å²) in [5.41, 5.74) is 1.64. The van der Waals surface area contributed by atoms with Crippen LogP contribution < -0.4 is 4.74 Å². The van der Waals surface area contributed by atoms with Crippen molar-refractivity contribution >= 4 is 11.3 Å². The zero-order chi connectivity index (χ0) is 17.5. The number of benzene rings is 1. The lowest BCUT2D eigenvalue weighted by Gasteiger charge is -2.09. The SMILES string of the molecule is COc1nc2nc(C)n(C)c2nc1Cc1ccc(C(F)(F)F)cc1. The van der Waals surface area contributed by atoms with Crippen molar-refractivity contribution in [2.24, 2.45) is 7.05 Å². The number of hydrogen-bond donors (Lipinski definition) is 0.